The molecular weight excluding hydrogens is 224 g/mol. The van der Waals surface area contributed by atoms with E-state index in [2.05, 4.69) is 10.7 Å². The number of anilines is 1. The molecule has 7 heteroatoms. The van der Waals surface area contributed by atoms with Crippen LogP contribution in [0.15, 0.2) is 17.1 Å². The lowest BCUT2D eigenvalue weighted by Crippen LogP contribution is -2.27. The molecule has 2 atom stereocenters. The average Bonchev–Trinajstić information content (AvgIpc) is 2.80. The Labute approximate surface area is 99.0 Å². The molecule has 0 aliphatic carbocycles. The van der Waals surface area contributed by atoms with Crippen molar-refractivity contribution in [3.8, 4) is 0 Å². The van der Waals surface area contributed by atoms with Crippen LogP contribution < -0.4 is 17.2 Å². The van der Waals surface area contributed by atoms with Crippen LogP contribution in [0, 0.1) is 0 Å². The highest BCUT2D eigenvalue weighted by Gasteiger charge is 2.26. The van der Waals surface area contributed by atoms with Crippen molar-refractivity contribution in [3.63, 3.8) is 0 Å². The molecule has 17 heavy (non-hydrogen) atoms. The molecule has 5 N–H and O–H groups in total. The fourth-order valence-corrected chi connectivity index (χ4v) is 1.67. The van der Waals surface area contributed by atoms with E-state index in [4.69, 9.17) is 15.6 Å². The van der Waals surface area contributed by atoms with E-state index in [1.165, 1.54) is 11.6 Å². The second kappa shape index (κ2) is 6.33. The van der Waals surface area contributed by atoms with Gasteiger partial charge in [0.1, 0.15) is 12.0 Å². The van der Waals surface area contributed by atoms with Crippen molar-refractivity contribution in [1.82, 2.24) is 9.55 Å². The first-order valence-corrected chi connectivity index (χ1v) is 5.39. The molecule has 0 amide bonds. The van der Waals surface area contributed by atoms with Crippen molar-refractivity contribution in [2.75, 3.05) is 19.4 Å². The van der Waals surface area contributed by atoms with E-state index in [0.29, 0.717) is 6.42 Å². The Kier molecular flexibility index (Phi) is 5.08. The zero-order chi connectivity index (χ0) is 12.8. The first-order chi connectivity index (χ1) is 8.20. The van der Waals surface area contributed by atoms with Gasteiger partial charge in [0.15, 0.2) is 0 Å². The number of nitrogen functional groups attached to an aromatic ring is 1. The summed E-state index contributed by atoms with van der Waals surface area (Å²) in [5, 5.41) is 8.90. The van der Waals surface area contributed by atoms with Crippen LogP contribution in [0.5, 0.6) is 0 Å². The molecule has 2 heterocycles. The van der Waals surface area contributed by atoms with Crippen molar-refractivity contribution in [3.05, 3.63) is 22.7 Å². The lowest BCUT2D eigenvalue weighted by Gasteiger charge is -2.14. The fraction of sp³-hybridized carbons (Fsp3) is 0.600. The maximum Gasteiger partial charge on any atom is 0.351 e. The number of nitrogens with zero attached hydrogens (tertiary/aromatic N) is 2. The Hall–Kier alpha value is -1.44. The molecule has 1 aromatic rings. The molecular formula is C10H18N4O3. The van der Waals surface area contributed by atoms with Gasteiger partial charge in [-0.15, -0.1) is 0 Å². The zero-order valence-electron chi connectivity index (χ0n) is 9.74. The Morgan fingerprint density at radius 2 is 2.29 bits per heavy atom. The summed E-state index contributed by atoms with van der Waals surface area (Å²) in [6, 6.07) is 1.55. The van der Waals surface area contributed by atoms with Gasteiger partial charge in [0, 0.05) is 6.20 Å². The van der Waals surface area contributed by atoms with Gasteiger partial charge in [0.25, 0.3) is 0 Å². The number of hydrogen-bond donors (Lipinski definition) is 3. The quantitative estimate of drug-likeness (QED) is 0.617. The SMILES string of the molecule is CN.Nc1ccn(C2CCC(CO)O2)c(=O)n1. The van der Waals surface area contributed by atoms with Gasteiger partial charge < -0.3 is 21.3 Å². The third-order valence-electron chi connectivity index (χ3n) is 2.45. The van der Waals surface area contributed by atoms with Crippen molar-refractivity contribution >= 4 is 5.82 Å². The van der Waals surface area contributed by atoms with E-state index in [-0.39, 0.29) is 24.8 Å². The summed E-state index contributed by atoms with van der Waals surface area (Å²) in [7, 11) is 1.50. The molecule has 0 radical (unpaired) electrons. The van der Waals surface area contributed by atoms with Gasteiger partial charge >= 0.3 is 5.69 Å². The number of rotatable bonds is 2. The van der Waals surface area contributed by atoms with Crippen molar-refractivity contribution in [1.29, 1.82) is 0 Å². The van der Waals surface area contributed by atoms with Gasteiger partial charge in [-0.1, -0.05) is 0 Å². The second-order valence-corrected chi connectivity index (χ2v) is 3.51. The number of ether oxygens (including phenoxy) is 1. The summed E-state index contributed by atoms with van der Waals surface area (Å²) in [5.41, 5.74) is 9.46. The van der Waals surface area contributed by atoms with Crippen LogP contribution in [0.1, 0.15) is 19.1 Å². The summed E-state index contributed by atoms with van der Waals surface area (Å²) in [4.78, 5) is 15.1. The highest BCUT2D eigenvalue weighted by Crippen LogP contribution is 2.26. The standard InChI is InChI=1S/C9H13N3O3.CH5N/c10-7-3-4-12(9(14)11-7)8-2-1-6(5-13)15-8;1-2/h3-4,6,8,13H,1-2,5H2,(H2,10,11,14);2H2,1H3. The van der Waals surface area contributed by atoms with Crippen LogP contribution in [0.4, 0.5) is 5.82 Å². The first kappa shape index (κ1) is 13.6. The number of nitrogens with two attached hydrogens (primary N) is 2. The van der Waals surface area contributed by atoms with Crippen LogP contribution in [-0.4, -0.2) is 34.4 Å². The minimum atomic E-state index is -0.418. The van der Waals surface area contributed by atoms with Crippen molar-refractivity contribution < 1.29 is 9.84 Å². The van der Waals surface area contributed by atoms with Crippen molar-refractivity contribution in [2.24, 2.45) is 5.73 Å². The monoisotopic (exact) mass is 242 g/mol. The lowest BCUT2D eigenvalue weighted by molar-refractivity contribution is -0.0245. The van der Waals surface area contributed by atoms with Crippen molar-refractivity contribution in [2.45, 2.75) is 25.2 Å². The Balaban J connectivity index is 0.000000686. The molecule has 96 valence electrons. The summed E-state index contributed by atoms with van der Waals surface area (Å²) >= 11 is 0. The molecule has 0 saturated carbocycles. The number of aliphatic hydroxyl groups excluding tert-OH is 1. The minimum Gasteiger partial charge on any atom is -0.394 e. The molecule has 0 bridgehead atoms. The molecule has 1 aromatic heterocycles. The number of aromatic nitrogens is 2. The molecule has 1 saturated heterocycles. The van der Waals surface area contributed by atoms with Gasteiger partial charge in [-0.25, -0.2) is 4.79 Å². The van der Waals surface area contributed by atoms with Gasteiger partial charge in [-0.2, -0.15) is 4.98 Å². The van der Waals surface area contributed by atoms with E-state index in [1.54, 1.807) is 12.3 Å². The molecule has 1 fully saturated rings. The average molecular weight is 242 g/mol. The minimum absolute atomic E-state index is 0.0202. The fourth-order valence-electron chi connectivity index (χ4n) is 1.67. The summed E-state index contributed by atoms with van der Waals surface area (Å²) < 4.78 is 6.84. The Morgan fingerprint density at radius 3 is 2.82 bits per heavy atom. The van der Waals surface area contributed by atoms with Gasteiger partial charge in [-0.3, -0.25) is 4.57 Å². The van der Waals surface area contributed by atoms with E-state index in [9.17, 15) is 4.79 Å². The maximum atomic E-state index is 11.5. The molecule has 2 unspecified atom stereocenters. The van der Waals surface area contributed by atoms with Gasteiger partial charge in [0.05, 0.1) is 12.7 Å². The predicted octanol–water partition coefficient (Wildman–Crippen LogP) is -0.930. The van der Waals surface area contributed by atoms with Crippen LogP contribution in [0.25, 0.3) is 0 Å². The normalized spacial score (nSPS) is 23.0. The smallest absolute Gasteiger partial charge is 0.351 e. The van der Waals surface area contributed by atoms with Crippen LogP contribution >= 0.6 is 0 Å². The third-order valence-corrected chi connectivity index (χ3v) is 2.45. The maximum absolute atomic E-state index is 11.5. The largest absolute Gasteiger partial charge is 0.394 e. The Bertz CT molecular complexity index is 407. The summed E-state index contributed by atoms with van der Waals surface area (Å²) in [5.74, 6) is 0.202. The Morgan fingerprint density at radius 1 is 1.59 bits per heavy atom. The van der Waals surface area contributed by atoms with E-state index < -0.39 is 5.69 Å². The molecule has 0 aromatic carbocycles. The third kappa shape index (κ3) is 3.26. The molecule has 7 nitrogen and oxygen atoms in total. The molecule has 1 aliphatic rings. The van der Waals surface area contributed by atoms with Gasteiger partial charge in [0.2, 0.25) is 0 Å². The van der Waals surface area contributed by atoms with Crippen LogP contribution in [0.3, 0.4) is 0 Å². The van der Waals surface area contributed by atoms with E-state index >= 15 is 0 Å². The summed E-state index contributed by atoms with van der Waals surface area (Å²) in [6.07, 6.45) is 2.51. The van der Waals surface area contributed by atoms with E-state index in [0.717, 1.165) is 6.42 Å². The second-order valence-electron chi connectivity index (χ2n) is 3.51. The van der Waals surface area contributed by atoms with Crippen LogP contribution in [-0.2, 0) is 4.74 Å². The highest BCUT2D eigenvalue weighted by atomic mass is 16.5. The van der Waals surface area contributed by atoms with Crippen LogP contribution in [0.2, 0.25) is 0 Å². The molecule has 2 rings (SSSR count). The lowest BCUT2D eigenvalue weighted by atomic mass is 10.2. The van der Waals surface area contributed by atoms with E-state index in [1.807, 2.05) is 0 Å². The molecule has 1 aliphatic heterocycles. The highest BCUT2D eigenvalue weighted by molar-refractivity contribution is 5.23. The van der Waals surface area contributed by atoms with Gasteiger partial charge in [-0.05, 0) is 26.0 Å². The number of hydrogen-bond acceptors (Lipinski definition) is 6. The first-order valence-electron chi connectivity index (χ1n) is 5.39. The predicted molar refractivity (Wildman–Crippen MR) is 63.3 cm³/mol. The summed E-state index contributed by atoms with van der Waals surface area (Å²) in [6.45, 7) is -0.0202. The topological polar surface area (TPSA) is 116 Å². The zero-order valence-corrected chi connectivity index (χ0v) is 9.74. The molecule has 0 spiro atoms. The number of aliphatic hydroxyl groups is 1.